The number of nitrogens with zero attached hydrogens (tertiary/aromatic N) is 2. The maximum atomic E-state index is 9.55. The van der Waals surface area contributed by atoms with E-state index in [1.807, 2.05) is 0 Å². The summed E-state index contributed by atoms with van der Waals surface area (Å²) in [4.78, 5) is 0. The molecule has 1 heterocycles. The Labute approximate surface area is 123 Å². The van der Waals surface area contributed by atoms with E-state index < -0.39 is 0 Å². The van der Waals surface area contributed by atoms with Crippen LogP contribution >= 0.6 is 0 Å². The third kappa shape index (κ3) is 4.32. The molecule has 0 radical (unpaired) electrons. The highest BCUT2D eigenvalue weighted by Gasteiger charge is 2.24. The molecule has 0 amide bonds. The highest BCUT2D eigenvalue weighted by molar-refractivity contribution is 4.99. The molecule has 0 atom stereocenters. The minimum Gasteiger partial charge on any atom is -0.396 e. The third-order valence-electron chi connectivity index (χ3n) is 4.62. The minimum absolute atomic E-state index is 0.0118. The van der Waals surface area contributed by atoms with Gasteiger partial charge in [-0.2, -0.15) is 5.10 Å². The van der Waals surface area contributed by atoms with Gasteiger partial charge >= 0.3 is 0 Å². The van der Waals surface area contributed by atoms with Gasteiger partial charge < -0.3 is 10.4 Å². The molecule has 116 valence electrons. The molecule has 0 bridgehead atoms. The van der Waals surface area contributed by atoms with Crippen molar-refractivity contribution in [2.24, 2.45) is 5.41 Å². The number of aliphatic hydroxyl groups is 1. The Balaban J connectivity index is 2.50. The van der Waals surface area contributed by atoms with Crippen molar-refractivity contribution in [3.8, 4) is 0 Å². The summed E-state index contributed by atoms with van der Waals surface area (Å²) in [5.41, 5.74) is 1.09. The van der Waals surface area contributed by atoms with Gasteiger partial charge in [0.05, 0.1) is 11.7 Å². The molecule has 0 saturated heterocycles. The second-order valence-electron chi connectivity index (χ2n) is 5.73. The van der Waals surface area contributed by atoms with Crippen LogP contribution in [0, 0.1) is 5.41 Å². The fourth-order valence-corrected chi connectivity index (χ4v) is 2.57. The van der Waals surface area contributed by atoms with E-state index in [-0.39, 0.29) is 12.0 Å². The second kappa shape index (κ2) is 8.42. The van der Waals surface area contributed by atoms with Crippen LogP contribution in [-0.4, -0.2) is 28.0 Å². The van der Waals surface area contributed by atoms with Crippen molar-refractivity contribution in [2.75, 3.05) is 13.2 Å². The molecule has 0 aliphatic rings. The first-order valence-corrected chi connectivity index (χ1v) is 8.00. The zero-order chi connectivity index (χ0) is 15.0. The number of aliphatic hydroxyl groups excluding tert-OH is 1. The Morgan fingerprint density at radius 3 is 2.40 bits per heavy atom. The molecule has 0 spiro atoms. The van der Waals surface area contributed by atoms with Crippen LogP contribution in [0.15, 0.2) is 12.3 Å². The number of rotatable bonds is 10. The van der Waals surface area contributed by atoms with Crippen LogP contribution in [0.2, 0.25) is 0 Å². The standard InChI is InChI=1S/C16H31N3O/c1-5-15(6-2)19-10-9-14(18-19)11-17-12-16(7-3,8-4)13-20/h9-10,15,17,20H,5-8,11-13H2,1-4H3. The summed E-state index contributed by atoms with van der Waals surface area (Å²) in [6, 6.07) is 2.59. The number of nitrogens with one attached hydrogen (secondary N) is 1. The van der Waals surface area contributed by atoms with E-state index in [1.54, 1.807) is 0 Å². The lowest BCUT2D eigenvalue weighted by Gasteiger charge is -2.29. The molecule has 1 aromatic rings. The van der Waals surface area contributed by atoms with Gasteiger partial charge in [0, 0.05) is 31.3 Å². The second-order valence-corrected chi connectivity index (χ2v) is 5.73. The first kappa shape index (κ1) is 17.2. The first-order valence-electron chi connectivity index (χ1n) is 8.00. The normalized spacial score (nSPS) is 12.3. The monoisotopic (exact) mass is 281 g/mol. The lowest BCUT2D eigenvalue weighted by molar-refractivity contribution is 0.113. The summed E-state index contributed by atoms with van der Waals surface area (Å²) in [6.45, 7) is 10.5. The zero-order valence-electron chi connectivity index (χ0n) is 13.5. The molecule has 0 saturated carbocycles. The van der Waals surface area contributed by atoms with E-state index in [0.717, 1.165) is 44.5 Å². The molecule has 1 rings (SSSR count). The molecule has 0 aliphatic heterocycles. The predicted molar refractivity (Wildman–Crippen MR) is 83.7 cm³/mol. The summed E-state index contributed by atoms with van der Waals surface area (Å²) in [6.07, 6.45) is 6.30. The van der Waals surface area contributed by atoms with E-state index in [9.17, 15) is 5.11 Å². The molecular weight excluding hydrogens is 250 g/mol. The zero-order valence-corrected chi connectivity index (χ0v) is 13.5. The van der Waals surface area contributed by atoms with Gasteiger partial charge in [0.1, 0.15) is 0 Å². The fraction of sp³-hybridized carbons (Fsp3) is 0.812. The van der Waals surface area contributed by atoms with Gasteiger partial charge in [-0.05, 0) is 31.7 Å². The first-order chi connectivity index (χ1) is 9.64. The van der Waals surface area contributed by atoms with Gasteiger partial charge in [-0.15, -0.1) is 0 Å². The van der Waals surface area contributed by atoms with Crippen LogP contribution in [0.4, 0.5) is 0 Å². The van der Waals surface area contributed by atoms with E-state index in [4.69, 9.17) is 0 Å². The van der Waals surface area contributed by atoms with Crippen molar-refractivity contribution >= 4 is 0 Å². The number of aromatic nitrogens is 2. The van der Waals surface area contributed by atoms with E-state index in [1.165, 1.54) is 0 Å². The van der Waals surface area contributed by atoms with Crippen LogP contribution in [0.25, 0.3) is 0 Å². The Hall–Kier alpha value is -0.870. The number of hydrogen-bond donors (Lipinski definition) is 2. The molecule has 0 aliphatic carbocycles. The van der Waals surface area contributed by atoms with E-state index >= 15 is 0 Å². The predicted octanol–water partition coefficient (Wildman–Crippen LogP) is 3.13. The molecule has 1 aromatic heterocycles. The van der Waals surface area contributed by atoms with Crippen molar-refractivity contribution in [3.05, 3.63) is 18.0 Å². The molecule has 20 heavy (non-hydrogen) atoms. The van der Waals surface area contributed by atoms with Gasteiger partial charge in [-0.3, -0.25) is 4.68 Å². The Morgan fingerprint density at radius 1 is 1.25 bits per heavy atom. The van der Waals surface area contributed by atoms with E-state index in [0.29, 0.717) is 6.04 Å². The summed E-state index contributed by atoms with van der Waals surface area (Å²) in [7, 11) is 0. The Kier molecular flexibility index (Phi) is 7.24. The summed E-state index contributed by atoms with van der Waals surface area (Å²) in [5, 5.41) is 17.6. The highest BCUT2D eigenvalue weighted by Crippen LogP contribution is 2.24. The smallest absolute Gasteiger partial charge is 0.0762 e. The lowest BCUT2D eigenvalue weighted by atomic mass is 9.83. The van der Waals surface area contributed by atoms with E-state index in [2.05, 4.69) is 55.1 Å². The maximum Gasteiger partial charge on any atom is 0.0762 e. The topological polar surface area (TPSA) is 50.1 Å². The Morgan fingerprint density at radius 2 is 1.90 bits per heavy atom. The van der Waals surface area contributed by atoms with Gasteiger partial charge in [0.15, 0.2) is 0 Å². The summed E-state index contributed by atoms with van der Waals surface area (Å²) in [5.74, 6) is 0. The van der Waals surface area contributed by atoms with Crippen molar-refractivity contribution in [1.29, 1.82) is 0 Å². The van der Waals surface area contributed by atoms with Gasteiger partial charge in [-0.1, -0.05) is 27.7 Å². The van der Waals surface area contributed by atoms with Crippen LogP contribution in [-0.2, 0) is 6.54 Å². The van der Waals surface area contributed by atoms with Crippen molar-refractivity contribution in [2.45, 2.75) is 66.0 Å². The molecule has 0 aromatic carbocycles. The lowest BCUT2D eigenvalue weighted by Crippen LogP contribution is -2.36. The van der Waals surface area contributed by atoms with Crippen molar-refractivity contribution in [3.63, 3.8) is 0 Å². The molecule has 2 N–H and O–H groups in total. The molecule has 4 nitrogen and oxygen atoms in total. The van der Waals surface area contributed by atoms with Crippen molar-refractivity contribution < 1.29 is 5.11 Å². The summed E-state index contributed by atoms with van der Waals surface area (Å²) >= 11 is 0. The van der Waals surface area contributed by atoms with Gasteiger partial charge in [-0.25, -0.2) is 0 Å². The van der Waals surface area contributed by atoms with Crippen LogP contribution in [0.3, 0.4) is 0 Å². The van der Waals surface area contributed by atoms with Crippen LogP contribution in [0.5, 0.6) is 0 Å². The molecular formula is C16H31N3O. The average Bonchev–Trinajstić information content (AvgIpc) is 2.94. The fourth-order valence-electron chi connectivity index (χ4n) is 2.57. The summed E-state index contributed by atoms with van der Waals surface area (Å²) < 4.78 is 2.08. The SMILES string of the molecule is CCC(CC)n1ccc(CNCC(CC)(CC)CO)n1. The maximum absolute atomic E-state index is 9.55. The minimum atomic E-state index is 0.0118. The quantitative estimate of drug-likeness (QED) is 0.693. The van der Waals surface area contributed by atoms with Gasteiger partial charge in [0.25, 0.3) is 0 Å². The molecule has 0 unspecified atom stereocenters. The van der Waals surface area contributed by atoms with Gasteiger partial charge in [0.2, 0.25) is 0 Å². The Bertz CT molecular complexity index is 359. The molecule has 4 heteroatoms. The largest absolute Gasteiger partial charge is 0.396 e. The highest BCUT2D eigenvalue weighted by atomic mass is 16.3. The average molecular weight is 281 g/mol. The third-order valence-corrected chi connectivity index (χ3v) is 4.62. The number of hydrogen-bond acceptors (Lipinski definition) is 3. The van der Waals surface area contributed by atoms with Crippen molar-refractivity contribution in [1.82, 2.24) is 15.1 Å². The van der Waals surface area contributed by atoms with Crippen LogP contribution in [0.1, 0.15) is 65.1 Å². The molecule has 0 fully saturated rings. The van der Waals surface area contributed by atoms with Crippen LogP contribution < -0.4 is 5.32 Å².